The summed E-state index contributed by atoms with van der Waals surface area (Å²) in [7, 11) is 0. The lowest BCUT2D eigenvalue weighted by Crippen LogP contribution is -2.10. The van der Waals surface area contributed by atoms with E-state index >= 15 is 0 Å². The van der Waals surface area contributed by atoms with Gasteiger partial charge in [-0.3, -0.25) is 4.79 Å². The van der Waals surface area contributed by atoms with E-state index in [1.54, 1.807) is 6.07 Å². The summed E-state index contributed by atoms with van der Waals surface area (Å²) in [6.07, 6.45) is 3.43. The number of phenolic OH excluding ortho intramolecular Hbond substituents is 2. The number of aromatic nitrogens is 1. The zero-order valence-corrected chi connectivity index (χ0v) is 17.6. The van der Waals surface area contributed by atoms with Gasteiger partial charge in [-0.15, -0.1) is 0 Å². The Bertz CT molecular complexity index is 1260. The SMILES string of the molecule is Cc1cc(Cn2ccc3c(C=N)cccc32)ccc1O.NC(=O)c1ccc(O)c(Cl)c1. The first-order chi connectivity index (χ1) is 14.8. The number of hydrogen-bond acceptors (Lipinski definition) is 4. The molecule has 4 aromatic rings. The molecule has 4 rings (SSSR count). The maximum absolute atomic E-state index is 10.5. The van der Waals surface area contributed by atoms with Crippen LogP contribution in [0.5, 0.6) is 11.5 Å². The predicted octanol–water partition coefficient (Wildman–Crippen LogP) is 4.85. The number of fused-ring (bicyclic) bond motifs is 1. The van der Waals surface area contributed by atoms with Crippen molar-refractivity contribution in [3.8, 4) is 11.5 Å². The van der Waals surface area contributed by atoms with Crippen LogP contribution in [0.3, 0.4) is 0 Å². The summed E-state index contributed by atoms with van der Waals surface area (Å²) in [5.41, 5.74) is 9.33. The Morgan fingerprint density at radius 1 is 1.10 bits per heavy atom. The first kappa shape index (κ1) is 21.9. The van der Waals surface area contributed by atoms with E-state index in [9.17, 15) is 9.90 Å². The number of nitrogens with two attached hydrogens (primary N) is 1. The van der Waals surface area contributed by atoms with Crippen LogP contribution in [0.4, 0.5) is 0 Å². The summed E-state index contributed by atoms with van der Waals surface area (Å²) in [5.74, 6) is -0.291. The molecule has 3 aromatic carbocycles. The third-order valence-corrected chi connectivity index (χ3v) is 5.15. The smallest absolute Gasteiger partial charge is 0.248 e. The molecule has 0 aliphatic rings. The van der Waals surface area contributed by atoms with Crippen LogP contribution >= 0.6 is 11.6 Å². The second kappa shape index (κ2) is 9.36. The highest BCUT2D eigenvalue weighted by atomic mass is 35.5. The Hall–Kier alpha value is -3.77. The summed E-state index contributed by atoms with van der Waals surface area (Å²) in [4.78, 5) is 10.5. The molecule has 0 fully saturated rings. The normalized spacial score (nSPS) is 10.4. The first-order valence-electron chi connectivity index (χ1n) is 9.45. The van der Waals surface area contributed by atoms with Gasteiger partial charge in [0, 0.05) is 41.0 Å². The van der Waals surface area contributed by atoms with Gasteiger partial charge in [0.2, 0.25) is 5.91 Å². The fourth-order valence-corrected chi connectivity index (χ4v) is 3.36. The number of halogens is 1. The van der Waals surface area contributed by atoms with Crippen molar-refractivity contribution in [2.75, 3.05) is 0 Å². The van der Waals surface area contributed by atoms with E-state index in [2.05, 4.69) is 10.6 Å². The second-order valence-electron chi connectivity index (χ2n) is 7.02. The van der Waals surface area contributed by atoms with Crippen molar-refractivity contribution in [2.45, 2.75) is 13.5 Å². The average molecular weight is 436 g/mol. The van der Waals surface area contributed by atoms with Gasteiger partial charge in [-0.1, -0.05) is 35.9 Å². The third kappa shape index (κ3) is 5.05. The molecular weight excluding hydrogens is 414 g/mol. The summed E-state index contributed by atoms with van der Waals surface area (Å²) in [6.45, 7) is 2.66. The molecule has 1 amide bonds. The van der Waals surface area contributed by atoms with Gasteiger partial charge in [0.15, 0.2) is 0 Å². The number of carbonyl (C=O) groups is 1. The quantitative estimate of drug-likeness (QED) is 0.344. The lowest BCUT2D eigenvalue weighted by Gasteiger charge is -2.08. The number of aromatic hydroxyl groups is 2. The van der Waals surface area contributed by atoms with Gasteiger partial charge in [0.25, 0.3) is 0 Å². The van der Waals surface area contributed by atoms with Crippen molar-refractivity contribution >= 4 is 34.6 Å². The van der Waals surface area contributed by atoms with Crippen molar-refractivity contribution in [1.82, 2.24) is 4.57 Å². The third-order valence-electron chi connectivity index (χ3n) is 4.85. The van der Waals surface area contributed by atoms with Crippen LogP contribution in [0.15, 0.2) is 66.9 Å². The minimum atomic E-state index is -0.563. The zero-order valence-electron chi connectivity index (χ0n) is 16.8. The van der Waals surface area contributed by atoms with E-state index in [4.69, 9.17) is 27.9 Å². The minimum absolute atomic E-state index is 0.0586. The van der Waals surface area contributed by atoms with Gasteiger partial charge in [-0.05, 0) is 54.4 Å². The van der Waals surface area contributed by atoms with Gasteiger partial charge >= 0.3 is 0 Å². The Morgan fingerprint density at radius 3 is 2.48 bits per heavy atom. The summed E-state index contributed by atoms with van der Waals surface area (Å²) < 4.78 is 2.16. The monoisotopic (exact) mass is 435 g/mol. The van der Waals surface area contributed by atoms with E-state index in [-0.39, 0.29) is 16.3 Å². The summed E-state index contributed by atoms with van der Waals surface area (Å²) in [5, 5.41) is 27.2. The average Bonchev–Trinajstić information content (AvgIpc) is 3.16. The number of hydrogen-bond donors (Lipinski definition) is 4. The Kier molecular flexibility index (Phi) is 6.62. The van der Waals surface area contributed by atoms with Gasteiger partial charge in [-0.25, -0.2) is 0 Å². The van der Waals surface area contributed by atoms with Gasteiger partial charge in [-0.2, -0.15) is 0 Å². The van der Waals surface area contributed by atoms with Crippen LogP contribution in [0.25, 0.3) is 10.9 Å². The molecule has 0 aliphatic carbocycles. The molecule has 0 aliphatic heterocycles. The molecule has 0 unspecified atom stereocenters. The topological polar surface area (TPSA) is 112 Å². The van der Waals surface area contributed by atoms with Crippen LogP contribution in [0.2, 0.25) is 5.02 Å². The van der Waals surface area contributed by atoms with E-state index in [0.29, 0.717) is 5.75 Å². The summed E-state index contributed by atoms with van der Waals surface area (Å²) in [6, 6.07) is 17.8. The van der Waals surface area contributed by atoms with E-state index in [1.165, 1.54) is 24.4 Å². The molecule has 1 heterocycles. The van der Waals surface area contributed by atoms with Crippen LogP contribution in [0.1, 0.15) is 27.0 Å². The van der Waals surface area contributed by atoms with Crippen LogP contribution in [0, 0.1) is 12.3 Å². The highest BCUT2D eigenvalue weighted by Crippen LogP contribution is 2.23. The van der Waals surface area contributed by atoms with Crippen LogP contribution in [-0.4, -0.2) is 26.9 Å². The molecule has 0 saturated heterocycles. The molecule has 0 atom stereocenters. The fourth-order valence-electron chi connectivity index (χ4n) is 3.18. The molecule has 1 aromatic heterocycles. The molecule has 0 spiro atoms. The maximum Gasteiger partial charge on any atom is 0.248 e. The molecule has 6 nitrogen and oxygen atoms in total. The maximum atomic E-state index is 10.5. The molecule has 158 valence electrons. The lowest BCUT2D eigenvalue weighted by molar-refractivity contribution is 0.100. The van der Waals surface area contributed by atoms with Crippen molar-refractivity contribution in [3.05, 3.63) is 94.1 Å². The predicted molar refractivity (Wildman–Crippen MR) is 123 cm³/mol. The van der Waals surface area contributed by atoms with Gasteiger partial charge < -0.3 is 25.9 Å². The number of rotatable bonds is 4. The van der Waals surface area contributed by atoms with Crippen LogP contribution < -0.4 is 5.73 Å². The molecule has 7 heteroatoms. The fraction of sp³-hybridized carbons (Fsp3) is 0.0833. The highest BCUT2D eigenvalue weighted by Gasteiger charge is 2.06. The Labute approximate surface area is 184 Å². The standard InChI is InChI=1S/C17H16N2O.C7H6ClNO2/c1-12-9-13(5-6-17(12)20)11-19-8-7-15-14(10-18)3-2-4-16(15)19;8-5-3-4(7(9)11)1-2-6(5)10/h2-10,18,20H,11H2,1H3;1-3,10H,(H2,9,11). The van der Waals surface area contributed by atoms with E-state index < -0.39 is 5.91 Å². The number of primary amides is 1. The van der Waals surface area contributed by atoms with Crippen molar-refractivity contribution in [1.29, 1.82) is 5.41 Å². The van der Waals surface area contributed by atoms with E-state index in [1.807, 2.05) is 43.5 Å². The van der Waals surface area contributed by atoms with E-state index in [0.717, 1.165) is 34.1 Å². The lowest BCUT2D eigenvalue weighted by atomic mass is 10.1. The van der Waals surface area contributed by atoms with Gasteiger partial charge in [0.1, 0.15) is 11.5 Å². The largest absolute Gasteiger partial charge is 0.508 e. The number of carbonyl (C=O) groups excluding carboxylic acids is 1. The highest BCUT2D eigenvalue weighted by molar-refractivity contribution is 6.32. The number of nitrogens with zero attached hydrogens (tertiary/aromatic N) is 1. The van der Waals surface area contributed by atoms with Crippen molar-refractivity contribution < 1.29 is 15.0 Å². The molecule has 5 N–H and O–H groups in total. The van der Waals surface area contributed by atoms with Gasteiger partial charge in [0.05, 0.1) is 5.02 Å². The number of aryl methyl sites for hydroxylation is 1. The summed E-state index contributed by atoms with van der Waals surface area (Å²) >= 11 is 5.50. The first-order valence-corrected chi connectivity index (χ1v) is 9.83. The number of phenols is 2. The molecule has 0 bridgehead atoms. The van der Waals surface area contributed by atoms with Crippen molar-refractivity contribution in [2.24, 2.45) is 5.73 Å². The minimum Gasteiger partial charge on any atom is -0.508 e. The zero-order chi connectivity index (χ0) is 22.5. The number of amides is 1. The Balaban J connectivity index is 0.000000210. The molecular formula is C24H22ClN3O3. The molecule has 0 saturated carbocycles. The van der Waals surface area contributed by atoms with Crippen molar-refractivity contribution in [3.63, 3.8) is 0 Å². The molecule has 0 radical (unpaired) electrons. The second-order valence-corrected chi connectivity index (χ2v) is 7.43. The number of nitrogens with one attached hydrogen (secondary N) is 1. The number of benzene rings is 3. The molecule has 31 heavy (non-hydrogen) atoms. The van der Waals surface area contributed by atoms with Crippen LogP contribution in [-0.2, 0) is 6.54 Å². The Morgan fingerprint density at radius 2 is 1.84 bits per heavy atom.